The number of nitro groups is 1. The second-order valence-corrected chi connectivity index (χ2v) is 5.84. The van der Waals surface area contributed by atoms with Crippen LogP contribution in [0.25, 0.3) is 0 Å². The molecule has 0 saturated carbocycles. The van der Waals surface area contributed by atoms with Crippen molar-refractivity contribution < 1.29 is 9.45 Å². The number of benzene rings is 1. The van der Waals surface area contributed by atoms with Gasteiger partial charge in [-0.25, -0.2) is 0 Å². The van der Waals surface area contributed by atoms with Crippen LogP contribution in [0.5, 0.6) is 0 Å². The van der Waals surface area contributed by atoms with Crippen molar-refractivity contribution in [3.63, 3.8) is 0 Å². The number of anilines is 2. The van der Waals surface area contributed by atoms with Gasteiger partial charge in [0.25, 0.3) is 5.69 Å². The molecule has 8 nitrogen and oxygen atoms in total. The molecule has 0 atom stereocenters. The van der Waals surface area contributed by atoms with Crippen LogP contribution in [0.1, 0.15) is 25.6 Å². The van der Waals surface area contributed by atoms with E-state index in [1.165, 1.54) is 12.1 Å². The number of nitrogens with zero attached hydrogens (tertiary/aromatic N) is 5. The summed E-state index contributed by atoms with van der Waals surface area (Å²) in [6.45, 7) is 7.21. The normalized spacial score (nSPS) is 15.3. The molecule has 0 radical (unpaired) electrons. The van der Waals surface area contributed by atoms with Gasteiger partial charge in [0.1, 0.15) is 0 Å². The second-order valence-electron chi connectivity index (χ2n) is 5.84. The SMILES string of the molecule is CC(C)c1noc(N2CCN(c3ccc([N+](=O)[O-])cc3)CC2)n1. The van der Waals surface area contributed by atoms with Gasteiger partial charge in [-0.3, -0.25) is 10.1 Å². The van der Waals surface area contributed by atoms with Crippen molar-refractivity contribution in [3.05, 3.63) is 40.2 Å². The van der Waals surface area contributed by atoms with E-state index in [1.54, 1.807) is 12.1 Å². The van der Waals surface area contributed by atoms with Crippen LogP contribution in [0, 0.1) is 10.1 Å². The topological polar surface area (TPSA) is 88.5 Å². The fourth-order valence-corrected chi connectivity index (χ4v) is 2.53. The van der Waals surface area contributed by atoms with Crippen LogP contribution < -0.4 is 9.80 Å². The van der Waals surface area contributed by atoms with Gasteiger partial charge in [-0.15, -0.1) is 0 Å². The van der Waals surface area contributed by atoms with E-state index in [0.29, 0.717) is 6.01 Å². The molecule has 1 aromatic carbocycles. The molecule has 0 amide bonds. The fraction of sp³-hybridized carbons (Fsp3) is 0.467. The molecule has 122 valence electrons. The van der Waals surface area contributed by atoms with Gasteiger partial charge < -0.3 is 14.3 Å². The lowest BCUT2D eigenvalue weighted by Crippen LogP contribution is -2.46. The van der Waals surface area contributed by atoms with Crippen molar-refractivity contribution in [2.45, 2.75) is 19.8 Å². The Balaban J connectivity index is 1.62. The third-order valence-electron chi connectivity index (χ3n) is 3.92. The molecule has 0 N–H and O–H groups in total. The highest BCUT2D eigenvalue weighted by Gasteiger charge is 2.22. The van der Waals surface area contributed by atoms with Gasteiger partial charge >= 0.3 is 6.01 Å². The van der Waals surface area contributed by atoms with E-state index < -0.39 is 0 Å². The molecule has 1 aliphatic rings. The van der Waals surface area contributed by atoms with E-state index in [4.69, 9.17) is 4.52 Å². The summed E-state index contributed by atoms with van der Waals surface area (Å²) in [5.41, 5.74) is 1.10. The summed E-state index contributed by atoms with van der Waals surface area (Å²) in [4.78, 5) is 19.0. The summed E-state index contributed by atoms with van der Waals surface area (Å²) >= 11 is 0. The molecule has 8 heteroatoms. The van der Waals surface area contributed by atoms with E-state index in [-0.39, 0.29) is 16.5 Å². The molecular formula is C15H19N5O3. The maximum absolute atomic E-state index is 10.7. The van der Waals surface area contributed by atoms with E-state index >= 15 is 0 Å². The first-order chi connectivity index (χ1) is 11.0. The van der Waals surface area contributed by atoms with Crippen molar-refractivity contribution in [3.8, 4) is 0 Å². The molecule has 3 rings (SSSR count). The van der Waals surface area contributed by atoms with Gasteiger partial charge in [0.2, 0.25) is 0 Å². The predicted molar refractivity (Wildman–Crippen MR) is 85.9 cm³/mol. The highest BCUT2D eigenvalue weighted by molar-refractivity contribution is 5.52. The molecule has 2 heterocycles. The van der Waals surface area contributed by atoms with Crippen LogP contribution in [0.4, 0.5) is 17.4 Å². The van der Waals surface area contributed by atoms with Gasteiger partial charge in [0, 0.05) is 49.9 Å². The number of piperazine rings is 1. The Bertz CT molecular complexity index is 675. The maximum Gasteiger partial charge on any atom is 0.324 e. The fourth-order valence-electron chi connectivity index (χ4n) is 2.53. The largest absolute Gasteiger partial charge is 0.368 e. The van der Waals surface area contributed by atoms with Crippen LogP contribution in [-0.2, 0) is 0 Å². The quantitative estimate of drug-likeness (QED) is 0.632. The summed E-state index contributed by atoms with van der Waals surface area (Å²) in [5.74, 6) is 0.965. The smallest absolute Gasteiger partial charge is 0.324 e. The molecule has 23 heavy (non-hydrogen) atoms. The first-order valence-electron chi connectivity index (χ1n) is 7.62. The first-order valence-corrected chi connectivity index (χ1v) is 7.62. The average molecular weight is 317 g/mol. The number of hydrogen-bond donors (Lipinski definition) is 0. The third kappa shape index (κ3) is 3.25. The predicted octanol–water partition coefficient (Wildman–Crippen LogP) is 2.43. The van der Waals surface area contributed by atoms with Crippen LogP contribution >= 0.6 is 0 Å². The number of hydrogen-bond acceptors (Lipinski definition) is 7. The zero-order valence-electron chi connectivity index (χ0n) is 13.2. The van der Waals surface area contributed by atoms with Crippen molar-refractivity contribution in [1.82, 2.24) is 10.1 Å². The Morgan fingerprint density at radius 1 is 1.13 bits per heavy atom. The van der Waals surface area contributed by atoms with E-state index in [0.717, 1.165) is 37.7 Å². The van der Waals surface area contributed by atoms with Crippen molar-refractivity contribution in [1.29, 1.82) is 0 Å². The molecule has 1 aromatic heterocycles. The molecule has 1 aliphatic heterocycles. The van der Waals surface area contributed by atoms with Gasteiger partial charge in [0.05, 0.1) is 4.92 Å². The Morgan fingerprint density at radius 3 is 2.26 bits per heavy atom. The summed E-state index contributed by atoms with van der Waals surface area (Å²) < 4.78 is 5.32. The summed E-state index contributed by atoms with van der Waals surface area (Å²) in [6, 6.07) is 7.22. The monoisotopic (exact) mass is 317 g/mol. The van der Waals surface area contributed by atoms with Gasteiger partial charge in [-0.1, -0.05) is 19.0 Å². The number of nitro benzene ring substituents is 1. The Hall–Kier alpha value is -2.64. The number of non-ortho nitro benzene ring substituents is 1. The van der Waals surface area contributed by atoms with Gasteiger partial charge in [-0.2, -0.15) is 4.98 Å². The lowest BCUT2D eigenvalue weighted by atomic mass is 10.2. The zero-order chi connectivity index (χ0) is 16.4. The average Bonchev–Trinajstić information content (AvgIpc) is 3.05. The van der Waals surface area contributed by atoms with Crippen LogP contribution in [0.3, 0.4) is 0 Å². The summed E-state index contributed by atoms with van der Waals surface area (Å²) in [5, 5.41) is 14.7. The highest BCUT2D eigenvalue weighted by atomic mass is 16.6. The summed E-state index contributed by atoms with van der Waals surface area (Å²) in [6.07, 6.45) is 0. The van der Waals surface area contributed by atoms with Crippen molar-refractivity contribution >= 4 is 17.4 Å². The van der Waals surface area contributed by atoms with Gasteiger partial charge in [-0.05, 0) is 12.1 Å². The minimum Gasteiger partial charge on any atom is -0.368 e. The molecule has 0 bridgehead atoms. The maximum atomic E-state index is 10.7. The minimum atomic E-state index is -0.385. The first kappa shape index (κ1) is 15.3. The van der Waals surface area contributed by atoms with Crippen molar-refractivity contribution in [2.75, 3.05) is 36.0 Å². The molecular weight excluding hydrogens is 298 g/mol. The van der Waals surface area contributed by atoms with E-state index in [1.807, 2.05) is 13.8 Å². The molecule has 0 spiro atoms. The zero-order valence-corrected chi connectivity index (χ0v) is 13.2. The molecule has 0 unspecified atom stereocenters. The molecule has 1 saturated heterocycles. The lowest BCUT2D eigenvalue weighted by Gasteiger charge is -2.34. The lowest BCUT2D eigenvalue weighted by molar-refractivity contribution is -0.384. The molecule has 2 aromatic rings. The number of rotatable bonds is 4. The van der Waals surface area contributed by atoms with E-state index in [9.17, 15) is 10.1 Å². The van der Waals surface area contributed by atoms with Crippen LogP contribution in [0.15, 0.2) is 28.8 Å². The molecule has 1 fully saturated rings. The van der Waals surface area contributed by atoms with Gasteiger partial charge in [0.15, 0.2) is 5.82 Å². The van der Waals surface area contributed by atoms with Crippen molar-refractivity contribution in [2.24, 2.45) is 0 Å². The highest BCUT2D eigenvalue weighted by Crippen LogP contribution is 2.23. The third-order valence-corrected chi connectivity index (χ3v) is 3.92. The van der Waals surface area contributed by atoms with Crippen LogP contribution in [-0.4, -0.2) is 41.2 Å². The Kier molecular flexibility index (Phi) is 4.14. The standard InChI is InChI=1S/C15H19N5O3/c1-11(2)14-16-15(23-17-14)19-9-7-18(8-10-19)12-3-5-13(6-4-12)20(21)22/h3-6,11H,7-10H2,1-2H3. The summed E-state index contributed by atoms with van der Waals surface area (Å²) in [7, 11) is 0. The minimum absolute atomic E-state index is 0.111. The molecule has 0 aliphatic carbocycles. The second kappa shape index (κ2) is 6.23. The Labute approximate surface area is 133 Å². The Morgan fingerprint density at radius 2 is 1.74 bits per heavy atom. The number of aromatic nitrogens is 2. The van der Waals surface area contributed by atoms with E-state index in [2.05, 4.69) is 19.9 Å². The van der Waals surface area contributed by atoms with Crippen LogP contribution in [0.2, 0.25) is 0 Å².